The number of esters is 2. The van der Waals surface area contributed by atoms with Crippen molar-refractivity contribution in [1.82, 2.24) is 9.97 Å². The Morgan fingerprint density at radius 2 is 1.00 bits per heavy atom. The maximum atomic E-state index is 13.3. The maximum Gasteiger partial charge on any atom is 0.310 e. The van der Waals surface area contributed by atoms with Crippen molar-refractivity contribution >= 4 is 35.5 Å². The van der Waals surface area contributed by atoms with Gasteiger partial charge in [-0.25, -0.2) is 0 Å². The van der Waals surface area contributed by atoms with E-state index >= 15 is 0 Å². The van der Waals surface area contributed by atoms with Crippen LogP contribution in [0.2, 0.25) is 0 Å². The van der Waals surface area contributed by atoms with E-state index < -0.39 is 0 Å². The number of nitrogens with one attached hydrogen (secondary N) is 2. The summed E-state index contributed by atoms with van der Waals surface area (Å²) in [5, 5.41) is 0. The molecule has 6 atom stereocenters. The Bertz CT molecular complexity index is 1990. The van der Waals surface area contributed by atoms with Crippen LogP contribution in [0.25, 0.3) is 12.2 Å². The molecule has 2 aliphatic heterocycles. The summed E-state index contributed by atoms with van der Waals surface area (Å²) in [6.45, 7) is 30.3. The zero-order valence-corrected chi connectivity index (χ0v) is 38.7. The second-order valence-electron chi connectivity index (χ2n) is 19.4. The largest absolute Gasteiger partial charge is 0.462 e. The van der Waals surface area contributed by atoms with Crippen LogP contribution in [0.3, 0.4) is 0 Å². The Morgan fingerprint density at radius 1 is 0.627 bits per heavy atom. The predicted octanol–water partition coefficient (Wildman–Crippen LogP) is 12.0. The summed E-state index contributed by atoms with van der Waals surface area (Å²) < 4.78 is 12.4. The van der Waals surface area contributed by atoms with Crippen molar-refractivity contribution in [3.05, 3.63) is 78.7 Å². The number of ether oxygens (including phenoxy) is 2. The van der Waals surface area contributed by atoms with Crippen LogP contribution in [0.4, 0.5) is 0 Å². The number of carbonyl (C=O) groups is 2. The van der Waals surface area contributed by atoms with Gasteiger partial charge in [0.1, 0.15) is 12.2 Å². The van der Waals surface area contributed by atoms with E-state index in [0.29, 0.717) is 35.5 Å². The quantitative estimate of drug-likeness (QED) is 0.208. The third-order valence-corrected chi connectivity index (χ3v) is 14.4. The van der Waals surface area contributed by atoms with Gasteiger partial charge in [0.2, 0.25) is 0 Å². The number of carbonyl (C=O) groups excluding carboxylic acids is 2. The Hall–Kier alpha value is -4.20. The second-order valence-corrected chi connectivity index (χ2v) is 19.4. The first-order valence-electron chi connectivity index (χ1n) is 22.5. The molecule has 0 spiro atoms. The van der Waals surface area contributed by atoms with Crippen LogP contribution in [0.1, 0.15) is 159 Å². The highest BCUT2D eigenvalue weighted by Gasteiger charge is 2.35. The number of aromatic nitrogens is 2. The molecule has 0 unspecified atom stereocenters. The van der Waals surface area contributed by atoms with Crippen LogP contribution < -0.4 is 0 Å². The lowest BCUT2D eigenvalue weighted by Crippen LogP contribution is -2.36. The average Bonchev–Trinajstić information content (AvgIpc) is 3.77. The number of hydrogen-bond donors (Lipinski definition) is 2. The first-order chi connectivity index (χ1) is 27.8. The first kappa shape index (κ1) is 44.4. The average molecular weight is 805 g/mol. The van der Waals surface area contributed by atoms with Crippen molar-refractivity contribution in [2.45, 2.75) is 167 Å². The number of aliphatic imine (C=N–C) groups is 2. The fourth-order valence-corrected chi connectivity index (χ4v) is 10.4. The highest BCUT2D eigenvalue weighted by Crippen LogP contribution is 2.39. The highest BCUT2D eigenvalue weighted by atomic mass is 16.5. The molecule has 2 N–H and O–H groups in total. The molecule has 59 heavy (non-hydrogen) atoms. The molecular formula is C51H72N4O4. The van der Waals surface area contributed by atoms with E-state index in [1.54, 1.807) is 0 Å². The Morgan fingerprint density at radius 3 is 1.36 bits per heavy atom. The van der Waals surface area contributed by atoms with Gasteiger partial charge in [0.25, 0.3) is 0 Å². The van der Waals surface area contributed by atoms with Gasteiger partial charge in [0.05, 0.1) is 24.2 Å². The minimum absolute atomic E-state index is 0.00162. The van der Waals surface area contributed by atoms with E-state index in [9.17, 15) is 9.59 Å². The zero-order chi connectivity index (χ0) is 43.0. The van der Waals surface area contributed by atoms with Crippen LogP contribution in [0, 0.1) is 63.2 Å². The third-order valence-electron chi connectivity index (χ3n) is 14.4. The van der Waals surface area contributed by atoms with Crippen molar-refractivity contribution in [2.75, 3.05) is 0 Å². The molecule has 4 aliphatic rings. The van der Waals surface area contributed by atoms with Crippen molar-refractivity contribution in [2.24, 2.45) is 45.5 Å². The Balaban J connectivity index is 1.15. The van der Waals surface area contributed by atoms with Gasteiger partial charge in [-0.2, -0.15) is 0 Å². The van der Waals surface area contributed by atoms with Gasteiger partial charge in [-0.3, -0.25) is 19.6 Å². The molecule has 2 fully saturated rings. The standard InChI is InChI=1S/C51H72N4O4/c1-26(2)38-17-15-28(5)19-48(38)58-50(56)22-42-32(9)46(54-36(42)13)24-44-30(7)40(34(11)52-44)21-41-31(8)45(53-35(41)12)25-47-33(10)43(37(14)55-47)23-51(57)59-49-20-29(6)16-18-39(49)27(3)4/h24-29,38-39,48-49,54-55H,15-23H2,1-14H3/b44-24-,45-25-/t28-,29-,38+,39+,48-,49-/m1/s1. The van der Waals surface area contributed by atoms with Gasteiger partial charge < -0.3 is 19.4 Å². The molecule has 8 nitrogen and oxygen atoms in total. The van der Waals surface area contributed by atoms with Gasteiger partial charge in [0.15, 0.2) is 0 Å². The molecule has 0 bridgehead atoms. The van der Waals surface area contributed by atoms with Crippen LogP contribution in [-0.2, 0) is 31.9 Å². The summed E-state index contributed by atoms with van der Waals surface area (Å²) in [7, 11) is 0. The number of allylic oxidation sites excluding steroid dienone is 4. The smallest absolute Gasteiger partial charge is 0.310 e. The summed E-state index contributed by atoms with van der Waals surface area (Å²) in [4.78, 5) is 43.9. The van der Waals surface area contributed by atoms with Gasteiger partial charge in [-0.15, -0.1) is 0 Å². The number of H-pyrrole nitrogens is 2. The molecule has 320 valence electrons. The summed E-state index contributed by atoms with van der Waals surface area (Å²) in [5.41, 5.74) is 16.8. The number of nitrogens with zero attached hydrogens (tertiary/aromatic N) is 2. The lowest BCUT2D eigenvalue weighted by atomic mass is 9.75. The molecule has 4 heterocycles. The molecule has 2 saturated carbocycles. The number of rotatable bonds is 12. The first-order valence-corrected chi connectivity index (χ1v) is 22.5. The number of aryl methyl sites for hydroxylation is 2. The van der Waals surface area contributed by atoms with Crippen molar-refractivity contribution in [1.29, 1.82) is 0 Å². The van der Waals surface area contributed by atoms with Crippen LogP contribution in [0.5, 0.6) is 0 Å². The van der Waals surface area contributed by atoms with Crippen LogP contribution in [-0.4, -0.2) is 45.5 Å². The van der Waals surface area contributed by atoms with Gasteiger partial charge in [-0.05, 0) is 173 Å². The monoisotopic (exact) mass is 805 g/mol. The van der Waals surface area contributed by atoms with Gasteiger partial charge >= 0.3 is 11.9 Å². The van der Waals surface area contributed by atoms with E-state index in [1.165, 1.54) is 24.0 Å². The van der Waals surface area contributed by atoms with Crippen LogP contribution in [0.15, 0.2) is 43.7 Å². The molecule has 0 amide bonds. The SMILES string of the molecule is CC1=N/C(=C\c2[nH]c(C)c(CC(=O)O[C@@H]3C[C@H](C)CC[C@H]3C(C)C)c2C)C(C)=C1CC1=C(C)/C(=C/c2[nH]c(C)c(CC(=O)O[C@@H]3C[C@H](C)CC[C@H]3C(C)C)c2C)N=C1C. The summed E-state index contributed by atoms with van der Waals surface area (Å²) in [6, 6.07) is 0. The molecular weight excluding hydrogens is 733 g/mol. The lowest BCUT2D eigenvalue weighted by molar-refractivity contribution is -0.156. The van der Waals surface area contributed by atoms with E-state index in [1.807, 2.05) is 13.8 Å². The molecule has 2 aliphatic carbocycles. The van der Waals surface area contributed by atoms with Crippen molar-refractivity contribution < 1.29 is 19.1 Å². The van der Waals surface area contributed by atoms with Crippen LogP contribution >= 0.6 is 0 Å². The molecule has 8 heteroatoms. The molecule has 6 rings (SSSR count). The second kappa shape index (κ2) is 18.2. The minimum Gasteiger partial charge on any atom is -0.462 e. The maximum absolute atomic E-state index is 13.3. The van der Waals surface area contributed by atoms with Gasteiger partial charge in [-0.1, -0.05) is 54.4 Å². The highest BCUT2D eigenvalue weighted by molar-refractivity contribution is 6.09. The number of aromatic amines is 2. The molecule has 0 saturated heterocycles. The normalized spacial score (nSPS) is 26.5. The van der Waals surface area contributed by atoms with E-state index in [2.05, 4.69) is 105 Å². The van der Waals surface area contributed by atoms with E-state index in [-0.39, 0.29) is 37.0 Å². The Kier molecular flexibility index (Phi) is 13.7. The minimum atomic E-state index is -0.135. The van der Waals surface area contributed by atoms with E-state index in [0.717, 1.165) is 111 Å². The molecule has 2 aromatic rings. The van der Waals surface area contributed by atoms with Crippen molar-refractivity contribution in [3.63, 3.8) is 0 Å². The predicted molar refractivity (Wildman–Crippen MR) is 243 cm³/mol. The number of hydrogen-bond acceptors (Lipinski definition) is 6. The third kappa shape index (κ3) is 9.73. The Labute approximate surface area is 354 Å². The molecule has 2 aromatic heterocycles. The molecule has 0 radical (unpaired) electrons. The zero-order valence-electron chi connectivity index (χ0n) is 38.7. The summed E-state index contributed by atoms with van der Waals surface area (Å²) >= 11 is 0. The molecule has 0 aromatic carbocycles. The lowest BCUT2D eigenvalue weighted by Gasteiger charge is -2.36. The summed E-state index contributed by atoms with van der Waals surface area (Å²) in [5.74, 6) is 2.75. The van der Waals surface area contributed by atoms with Crippen molar-refractivity contribution in [3.8, 4) is 0 Å². The van der Waals surface area contributed by atoms with E-state index in [4.69, 9.17) is 19.5 Å². The fraction of sp³-hybridized carbons (Fsp3) is 0.608. The summed E-state index contributed by atoms with van der Waals surface area (Å²) in [6.07, 6.45) is 12.1. The fourth-order valence-electron chi connectivity index (χ4n) is 10.4. The topological polar surface area (TPSA) is 109 Å². The van der Waals surface area contributed by atoms with Gasteiger partial charge in [0, 0.05) is 40.6 Å².